The molecule has 1 aliphatic carbocycles. The van der Waals surface area contributed by atoms with Gasteiger partial charge in [0.25, 0.3) is 0 Å². The molecule has 1 aromatic heterocycles. The van der Waals surface area contributed by atoms with Gasteiger partial charge < -0.3 is 9.32 Å². The van der Waals surface area contributed by atoms with Crippen molar-refractivity contribution in [3.05, 3.63) is 42.3 Å². The Morgan fingerprint density at radius 2 is 1.96 bits per heavy atom. The van der Waals surface area contributed by atoms with Gasteiger partial charge in [0.2, 0.25) is 11.8 Å². The average molecular weight is 380 g/mol. The number of carbonyl (C=O) groups excluding carboxylic acids is 1. The van der Waals surface area contributed by atoms with Crippen LogP contribution in [0.15, 0.2) is 41.0 Å². The van der Waals surface area contributed by atoms with Gasteiger partial charge in [0.15, 0.2) is 0 Å². The number of carbonyl (C=O) groups is 1. The number of rotatable bonds is 5. The predicted molar refractivity (Wildman–Crippen MR) is 107 cm³/mol. The van der Waals surface area contributed by atoms with Crippen molar-refractivity contribution in [2.45, 2.75) is 45.1 Å². The molecule has 0 N–H and O–H groups in total. The fourth-order valence-electron chi connectivity index (χ4n) is 5.11. The van der Waals surface area contributed by atoms with Crippen LogP contribution >= 0.6 is 0 Å². The lowest BCUT2D eigenvalue weighted by molar-refractivity contribution is -0.146. The van der Waals surface area contributed by atoms with Gasteiger partial charge in [-0.1, -0.05) is 24.6 Å². The third-order valence-corrected chi connectivity index (χ3v) is 6.92. The molecule has 1 saturated carbocycles. The standard InChI is InChI=1S/C23H29N3O2/c27-22-23(10-5-12-26(22)14-18-6-4-7-18)11-13-25(17-23)15-20-16-28-21(24-20)19-8-2-1-3-9-19/h1-3,8-9,16,18H,4-7,10-15,17H2/t23-/m0/s1. The van der Waals surface area contributed by atoms with E-state index >= 15 is 0 Å². The quantitative estimate of drug-likeness (QED) is 0.789. The first-order valence-corrected chi connectivity index (χ1v) is 10.7. The molecule has 5 nitrogen and oxygen atoms in total. The fourth-order valence-corrected chi connectivity index (χ4v) is 5.11. The second kappa shape index (κ2) is 7.36. The van der Waals surface area contributed by atoms with Crippen LogP contribution in [0.4, 0.5) is 0 Å². The molecule has 3 fully saturated rings. The van der Waals surface area contributed by atoms with Crippen molar-refractivity contribution >= 4 is 5.91 Å². The van der Waals surface area contributed by atoms with Crippen LogP contribution in [0.5, 0.6) is 0 Å². The number of amides is 1. The first kappa shape index (κ1) is 17.9. The van der Waals surface area contributed by atoms with E-state index in [0.29, 0.717) is 11.8 Å². The van der Waals surface area contributed by atoms with Gasteiger partial charge in [-0.05, 0) is 56.7 Å². The highest BCUT2D eigenvalue weighted by atomic mass is 16.3. The van der Waals surface area contributed by atoms with Crippen LogP contribution < -0.4 is 0 Å². The SMILES string of the molecule is O=C1N(CC2CCC2)CCC[C@@]12CCN(Cc1coc(-c3ccccc3)n1)C2. The maximum atomic E-state index is 13.3. The van der Waals surface area contributed by atoms with Crippen LogP contribution in [0.25, 0.3) is 11.5 Å². The molecule has 1 atom stereocenters. The zero-order valence-electron chi connectivity index (χ0n) is 16.5. The van der Waals surface area contributed by atoms with E-state index in [4.69, 9.17) is 4.42 Å². The Morgan fingerprint density at radius 1 is 1.11 bits per heavy atom. The summed E-state index contributed by atoms with van der Waals surface area (Å²) in [5.41, 5.74) is 1.79. The summed E-state index contributed by atoms with van der Waals surface area (Å²) in [5.74, 6) is 1.84. The summed E-state index contributed by atoms with van der Waals surface area (Å²) in [7, 11) is 0. The van der Waals surface area contributed by atoms with Crippen LogP contribution in [0.1, 0.15) is 44.2 Å². The molecule has 0 unspecified atom stereocenters. The second-order valence-corrected chi connectivity index (χ2v) is 8.90. The Bertz CT molecular complexity index is 829. The van der Waals surface area contributed by atoms with Gasteiger partial charge in [-0.15, -0.1) is 0 Å². The van der Waals surface area contributed by atoms with Crippen LogP contribution in [-0.2, 0) is 11.3 Å². The van der Waals surface area contributed by atoms with Gasteiger partial charge in [-0.2, -0.15) is 0 Å². The van der Waals surface area contributed by atoms with Crippen LogP contribution in [0.3, 0.4) is 0 Å². The Balaban J connectivity index is 1.23. The molecular weight excluding hydrogens is 350 g/mol. The van der Waals surface area contributed by atoms with Crippen molar-refractivity contribution in [1.82, 2.24) is 14.8 Å². The Hall–Kier alpha value is -2.14. The van der Waals surface area contributed by atoms with E-state index in [1.54, 1.807) is 6.26 Å². The third-order valence-electron chi connectivity index (χ3n) is 6.92. The molecule has 0 radical (unpaired) electrons. The van der Waals surface area contributed by atoms with Gasteiger partial charge >= 0.3 is 0 Å². The van der Waals surface area contributed by atoms with Crippen molar-refractivity contribution in [2.24, 2.45) is 11.3 Å². The normalized spacial score (nSPS) is 26.1. The number of hydrogen-bond acceptors (Lipinski definition) is 4. The van der Waals surface area contributed by atoms with E-state index in [-0.39, 0.29) is 5.41 Å². The number of likely N-dealkylation sites (tertiary alicyclic amines) is 2. The zero-order chi connectivity index (χ0) is 19.0. The number of nitrogens with zero attached hydrogens (tertiary/aromatic N) is 3. The highest BCUT2D eigenvalue weighted by Gasteiger charge is 2.48. The lowest BCUT2D eigenvalue weighted by atomic mass is 9.77. The molecule has 28 heavy (non-hydrogen) atoms. The minimum Gasteiger partial charge on any atom is -0.444 e. The monoisotopic (exact) mass is 379 g/mol. The maximum absolute atomic E-state index is 13.3. The molecule has 5 heteroatoms. The third kappa shape index (κ3) is 3.37. The molecule has 148 valence electrons. The van der Waals surface area contributed by atoms with Gasteiger partial charge in [-0.25, -0.2) is 4.98 Å². The van der Waals surface area contributed by atoms with Crippen molar-refractivity contribution in [3.63, 3.8) is 0 Å². The molecule has 2 aliphatic heterocycles. The lowest BCUT2D eigenvalue weighted by Crippen LogP contribution is -2.51. The number of aromatic nitrogens is 1. The first-order valence-electron chi connectivity index (χ1n) is 10.7. The maximum Gasteiger partial charge on any atom is 0.230 e. The minimum absolute atomic E-state index is 0.159. The molecule has 0 bridgehead atoms. The van der Waals surface area contributed by atoms with E-state index in [0.717, 1.165) is 69.2 Å². The topological polar surface area (TPSA) is 49.6 Å². The highest BCUT2D eigenvalue weighted by molar-refractivity contribution is 5.84. The summed E-state index contributed by atoms with van der Waals surface area (Å²) in [6, 6.07) is 10.0. The average Bonchev–Trinajstić information content (AvgIpc) is 3.31. The summed E-state index contributed by atoms with van der Waals surface area (Å²) in [6.07, 6.45) is 8.88. The predicted octanol–water partition coefficient (Wildman–Crippen LogP) is 3.96. The molecular formula is C23H29N3O2. The summed E-state index contributed by atoms with van der Waals surface area (Å²) in [6.45, 7) is 4.54. The van der Waals surface area contributed by atoms with E-state index in [1.165, 1.54) is 19.3 Å². The molecule has 3 heterocycles. The van der Waals surface area contributed by atoms with Gasteiger partial charge in [0.05, 0.1) is 11.1 Å². The zero-order valence-corrected chi connectivity index (χ0v) is 16.5. The number of piperidine rings is 1. The molecule has 2 saturated heterocycles. The largest absolute Gasteiger partial charge is 0.444 e. The summed E-state index contributed by atoms with van der Waals surface area (Å²) >= 11 is 0. The van der Waals surface area contributed by atoms with Crippen molar-refractivity contribution in [2.75, 3.05) is 26.2 Å². The number of oxazole rings is 1. The molecule has 1 amide bonds. The summed E-state index contributed by atoms with van der Waals surface area (Å²) < 4.78 is 5.69. The molecule has 2 aromatic rings. The van der Waals surface area contributed by atoms with Crippen molar-refractivity contribution in [3.8, 4) is 11.5 Å². The van der Waals surface area contributed by atoms with Crippen LogP contribution in [0.2, 0.25) is 0 Å². The van der Waals surface area contributed by atoms with Gasteiger partial charge in [0.1, 0.15) is 6.26 Å². The summed E-state index contributed by atoms with van der Waals surface area (Å²) in [5, 5.41) is 0. The molecule has 3 aliphatic rings. The second-order valence-electron chi connectivity index (χ2n) is 8.90. The lowest BCUT2D eigenvalue weighted by Gasteiger charge is -2.42. The van der Waals surface area contributed by atoms with E-state index in [2.05, 4.69) is 14.8 Å². The molecule has 5 rings (SSSR count). The van der Waals surface area contributed by atoms with E-state index in [1.807, 2.05) is 30.3 Å². The Morgan fingerprint density at radius 3 is 2.75 bits per heavy atom. The number of hydrogen-bond donors (Lipinski definition) is 0. The molecule has 1 aromatic carbocycles. The van der Waals surface area contributed by atoms with Crippen molar-refractivity contribution < 1.29 is 9.21 Å². The van der Waals surface area contributed by atoms with E-state index < -0.39 is 0 Å². The van der Waals surface area contributed by atoms with E-state index in [9.17, 15) is 4.79 Å². The summed E-state index contributed by atoms with van der Waals surface area (Å²) in [4.78, 5) is 22.5. The van der Waals surface area contributed by atoms with Gasteiger partial charge in [-0.3, -0.25) is 9.69 Å². The minimum atomic E-state index is -0.159. The van der Waals surface area contributed by atoms with Crippen molar-refractivity contribution in [1.29, 1.82) is 0 Å². The fraction of sp³-hybridized carbons (Fsp3) is 0.565. The molecule has 1 spiro atoms. The first-order chi connectivity index (χ1) is 13.7. The Labute approximate surface area is 166 Å². The Kier molecular flexibility index (Phi) is 4.71. The van der Waals surface area contributed by atoms with Crippen LogP contribution in [0, 0.1) is 11.3 Å². The van der Waals surface area contributed by atoms with Gasteiger partial charge in [0, 0.05) is 31.7 Å². The highest BCUT2D eigenvalue weighted by Crippen LogP contribution is 2.41. The smallest absolute Gasteiger partial charge is 0.230 e. The number of benzene rings is 1. The van der Waals surface area contributed by atoms with Crippen LogP contribution in [-0.4, -0.2) is 46.9 Å².